The molecule has 0 amide bonds. The molecule has 2 aromatic rings. The van der Waals surface area contributed by atoms with Crippen molar-refractivity contribution in [3.8, 4) is 0 Å². The molecule has 0 saturated heterocycles. The molecular formula is C14H20N2. The largest absolute Gasteiger partial charge is 0.361 e. The van der Waals surface area contributed by atoms with E-state index in [-0.39, 0.29) is 0 Å². The van der Waals surface area contributed by atoms with E-state index in [9.17, 15) is 0 Å². The first kappa shape index (κ1) is 11.2. The summed E-state index contributed by atoms with van der Waals surface area (Å²) < 4.78 is 0. The quantitative estimate of drug-likeness (QED) is 0.787. The zero-order valence-electron chi connectivity index (χ0n) is 10.1. The van der Waals surface area contributed by atoms with E-state index < -0.39 is 0 Å². The molecule has 1 aromatic carbocycles. The van der Waals surface area contributed by atoms with Crippen molar-refractivity contribution in [1.82, 2.24) is 10.3 Å². The molecule has 1 aromatic heterocycles. The van der Waals surface area contributed by atoms with Crippen LogP contribution in [0.2, 0.25) is 0 Å². The molecule has 0 fully saturated rings. The average Bonchev–Trinajstić information content (AvgIpc) is 2.70. The van der Waals surface area contributed by atoms with Crippen LogP contribution in [0.3, 0.4) is 0 Å². The lowest BCUT2D eigenvalue weighted by Crippen LogP contribution is -2.24. The van der Waals surface area contributed by atoms with Crippen LogP contribution in [-0.4, -0.2) is 11.0 Å². The zero-order valence-corrected chi connectivity index (χ0v) is 10.1. The maximum absolute atomic E-state index is 3.56. The van der Waals surface area contributed by atoms with Gasteiger partial charge in [0.05, 0.1) is 0 Å². The van der Waals surface area contributed by atoms with Crippen molar-refractivity contribution < 1.29 is 0 Å². The topological polar surface area (TPSA) is 27.8 Å². The summed E-state index contributed by atoms with van der Waals surface area (Å²) >= 11 is 0. The van der Waals surface area contributed by atoms with Gasteiger partial charge >= 0.3 is 0 Å². The lowest BCUT2D eigenvalue weighted by molar-refractivity contribution is 0.509. The lowest BCUT2D eigenvalue weighted by atomic mass is 10.1. The summed E-state index contributed by atoms with van der Waals surface area (Å²) in [4.78, 5) is 3.30. The number of hydrogen-bond donors (Lipinski definition) is 2. The third-order valence-electron chi connectivity index (χ3n) is 3.04. The van der Waals surface area contributed by atoms with Crippen LogP contribution in [0.25, 0.3) is 10.9 Å². The summed E-state index contributed by atoms with van der Waals surface area (Å²) in [6.07, 6.45) is 4.58. The normalized spacial score (nSPS) is 13.1. The molecule has 86 valence electrons. The van der Waals surface area contributed by atoms with Crippen molar-refractivity contribution in [2.24, 2.45) is 0 Å². The van der Waals surface area contributed by atoms with E-state index in [0.29, 0.717) is 6.04 Å². The smallest absolute Gasteiger partial charge is 0.0457 e. The molecule has 0 spiro atoms. The van der Waals surface area contributed by atoms with Crippen molar-refractivity contribution >= 4 is 10.9 Å². The Morgan fingerprint density at radius 2 is 2.12 bits per heavy atom. The summed E-state index contributed by atoms with van der Waals surface area (Å²) in [5.74, 6) is 0. The van der Waals surface area contributed by atoms with E-state index in [2.05, 4.69) is 54.6 Å². The van der Waals surface area contributed by atoms with E-state index in [1.807, 2.05) is 0 Å². The van der Waals surface area contributed by atoms with Crippen LogP contribution >= 0.6 is 0 Å². The molecule has 2 N–H and O–H groups in total. The van der Waals surface area contributed by atoms with Gasteiger partial charge in [-0.15, -0.1) is 0 Å². The van der Waals surface area contributed by atoms with Crippen LogP contribution in [0.4, 0.5) is 0 Å². The lowest BCUT2D eigenvalue weighted by Gasteiger charge is -2.11. The third kappa shape index (κ3) is 2.45. The van der Waals surface area contributed by atoms with E-state index in [0.717, 1.165) is 6.54 Å². The molecule has 1 heterocycles. The van der Waals surface area contributed by atoms with E-state index in [1.54, 1.807) is 0 Å². The highest BCUT2D eigenvalue weighted by Gasteiger charge is 2.04. The highest BCUT2D eigenvalue weighted by molar-refractivity contribution is 5.82. The molecule has 2 rings (SSSR count). The van der Waals surface area contributed by atoms with Crippen LogP contribution in [-0.2, 0) is 6.54 Å². The number of aromatic nitrogens is 1. The summed E-state index contributed by atoms with van der Waals surface area (Å²) in [5.41, 5.74) is 2.58. The number of benzene rings is 1. The predicted molar refractivity (Wildman–Crippen MR) is 69.5 cm³/mol. The highest BCUT2D eigenvalue weighted by Crippen LogP contribution is 2.17. The Morgan fingerprint density at radius 1 is 1.31 bits per heavy atom. The summed E-state index contributed by atoms with van der Waals surface area (Å²) in [6.45, 7) is 5.42. The van der Waals surface area contributed by atoms with Crippen molar-refractivity contribution in [2.75, 3.05) is 0 Å². The third-order valence-corrected chi connectivity index (χ3v) is 3.04. The van der Waals surface area contributed by atoms with E-state index in [1.165, 1.54) is 29.3 Å². The Kier molecular flexibility index (Phi) is 3.62. The maximum Gasteiger partial charge on any atom is 0.0457 e. The fourth-order valence-electron chi connectivity index (χ4n) is 2.10. The number of hydrogen-bond acceptors (Lipinski definition) is 1. The van der Waals surface area contributed by atoms with Gasteiger partial charge < -0.3 is 10.3 Å². The van der Waals surface area contributed by atoms with Crippen molar-refractivity contribution in [3.05, 3.63) is 36.0 Å². The van der Waals surface area contributed by atoms with Gasteiger partial charge in [0.2, 0.25) is 0 Å². The number of rotatable bonds is 5. The minimum absolute atomic E-state index is 0.596. The number of fused-ring (bicyclic) bond motifs is 1. The van der Waals surface area contributed by atoms with Crippen LogP contribution < -0.4 is 5.32 Å². The van der Waals surface area contributed by atoms with Crippen LogP contribution in [0.15, 0.2) is 30.5 Å². The van der Waals surface area contributed by atoms with Gasteiger partial charge in [0.1, 0.15) is 0 Å². The van der Waals surface area contributed by atoms with Gasteiger partial charge in [-0.2, -0.15) is 0 Å². The van der Waals surface area contributed by atoms with Crippen molar-refractivity contribution in [2.45, 2.75) is 39.3 Å². The Balaban J connectivity index is 2.04. The first-order valence-electron chi connectivity index (χ1n) is 6.09. The van der Waals surface area contributed by atoms with Gasteiger partial charge in [-0.3, -0.25) is 0 Å². The minimum Gasteiger partial charge on any atom is -0.361 e. The molecular weight excluding hydrogens is 196 g/mol. The molecule has 0 saturated carbocycles. The second kappa shape index (κ2) is 5.17. The second-order valence-electron chi connectivity index (χ2n) is 4.43. The molecule has 0 radical (unpaired) electrons. The molecule has 0 aliphatic heterocycles. The first-order chi connectivity index (χ1) is 7.81. The zero-order chi connectivity index (χ0) is 11.4. The Labute approximate surface area is 97.1 Å². The molecule has 2 heteroatoms. The molecule has 0 aliphatic carbocycles. The van der Waals surface area contributed by atoms with Gasteiger partial charge in [-0.25, -0.2) is 0 Å². The van der Waals surface area contributed by atoms with Crippen LogP contribution in [0.5, 0.6) is 0 Å². The fourth-order valence-corrected chi connectivity index (χ4v) is 2.10. The first-order valence-corrected chi connectivity index (χ1v) is 6.09. The number of para-hydroxylation sites is 1. The Morgan fingerprint density at radius 3 is 2.94 bits per heavy atom. The van der Waals surface area contributed by atoms with Gasteiger partial charge in [-0.05, 0) is 25.0 Å². The minimum atomic E-state index is 0.596. The molecule has 16 heavy (non-hydrogen) atoms. The van der Waals surface area contributed by atoms with Gasteiger partial charge in [0.25, 0.3) is 0 Å². The van der Waals surface area contributed by atoms with Crippen molar-refractivity contribution in [3.63, 3.8) is 0 Å². The molecule has 0 bridgehead atoms. The highest BCUT2D eigenvalue weighted by atomic mass is 14.9. The van der Waals surface area contributed by atoms with E-state index in [4.69, 9.17) is 0 Å². The standard InChI is InChI=1S/C14H20N2/c1-3-6-11(2)15-9-12-10-16-14-8-5-4-7-13(12)14/h4-5,7-8,10-11,15-16H,3,6,9H2,1-2H3. The molecule has 0 aliphatic rings. The predicted octanol–water partition coefficient (Wildman–Crippen LogP) is 3.45. The van der Waals surface area contributed by atoms with Crippen LogP contribution in [0.1, 0.15) is 32.3 Å². The SMILES string of the molecule is CCCC(C)NCc1c[nH]c2ccccc12. The van der Waals surface area contributed by atoms with Crippen molar-refractivity contribution in [1.29, 1.82) is 0 Å². The second-order valence-corrected chi connectivity index (χ2v) is 4.43. The van der Waals surface area contributed by atoms with Gasteiger partial charge in [-0.1, -0.05) is 31.5 Å². The molecule has 2 nitrogen and oxygen atoms in total. The molecule has 1 atom stereocenters. The number of aromatic amines is 1. The summed E-state index contributed by atoms with van der Waals surface area (Å²) in [5, 5.41) is 4.89. The number of nitrogens with one attached hydrogen (secondary N) is 2. The van der Waals surface area contributed by atoms with Gasteiger partial charge in [0, 0.05) is 29.7 Å². The molecule has 1 unspecified atom stereocenters. The monoisotopic (exact) mass is 216 g/mol. The van der Waals surface area contributed by atoms with Gasteiger partial charge in [0.15, 0.2) is 0 Å². The summed E-state index contributed by atoms with van der Waals surface area (Å²) in [6, 6.07) is 9.05. The maximum atomic E-state index is 3.56. The summed E-state index contributed by atoms with van der Waals surface area (Å²) in [7, 11) is 0. The van der Waals surface area contributed by atoms with E-state index >= 15 is 0 Å². The Bertz CT molecular complexity index is 445. The Hall–Kier alpha value is -1.28. The fraction of sp³-hybridized carbons (Fsp3) is 0.429. The van der Waals surface area contributed by atoms with Crippen LogP contribution in [0, 0.1) is 0 Å². The average molecular weight is 216 g/mol. The number of H-pyrrole nitrogens is 1.